The number of hydrogen-bond acceptors (Lipinski definition) is 6. The Kier molecular flexibility index (Phi) is 7.30. The molecule has 4 rings (SSSR count). The van der Waals surface area contributed by atoms with E-state index < -0.39 is 6.17 Å². The number of hydrogen-bond donors (Lipinski definition) is 1. The Morgan fingerprint density at radius 1 is 1.14 bits per heavy atom. The van der Waals surface area contributed by atoms with Gasteiger partial charge in [0.2, 0.25) is 11.8 Å². The molecule has 2 aromatic rings. The van der Waals surface area contributed by atoms with Gasteiger partial charge in [-0.15, -0.1) is 6.58 Å². The van der Waals surface area contributed by atoms with Crippen LogP contribution < -0.4 is 5.32 Å². The lowest BCUT2D eigenvalue weighted by atomic mass is 10.1. The fraction of sp³-hybridized carbons (Fsp3) is 0.320. The Hall–Kier alpha value is -4.25. The van der Waals surface area contributed by atoms with Crippen LogP contribution in [0.25, 0.3) is 11.0 Å². The molecular weight excluding hydrogens is 460 g/mol. The van der Waals surface area contributed by atoms with Crippen molar-refractivity contribution in [2.24, 2.45) is 7.05 Å². The summed E-state index contributed by atoms with van der Waals surface area (Å²) >= 11 is 0. The maximum Gasteiger partial charge on any atom is 0.334 e. The average molecular weight is 491 g/mol. The number of aromatic nitrogens is 3. The number of nitrogens with one attached hydrogen (secondary N) is 1. The van der Waals surface area contributed by atoms with Gasteiger partial charge >= 0.3 is 6.03 Å². The highest BCUT2D eigenvalue weighted by atomic mass is 16.2. The second kappa shape index (κ2) is 10.6. The zero-order valence-corrected chi connectivity index (χ0v) is 20.3. The van der Waals surface area contributed by atoms with Gasteiger partial charge in [0, 0.05) is 26.7 Å². The number of benzene rings is 1. The van der Waals surface area contributed by atoms with Crippen LogP contribution in [0.15, 0.2) is 67.8 Å². The highest BCUT2D eigenvalue weighted by Gasteiger charge is 2.46. The van der Waals surface area contributed by atoms with Crippen LogP contribution in [0, 0.1) is 0 Å². The normalized spacial score (nSPS) is 18.9. The van der Waals surface area contributed by atoms with E-state index in [9.17, 15) is 14.4 Å². The lowest BCUT2D eigenvalue weighted by Gasteiger charge is -2.52. The number of hydrazine groups is 1. The molecule has 2 saturated heterocycles. The summed E-state index contributed by atoms with van der Waals surface area (Å²) in [6.45, 7) is 12.1. The lowest BCUT2D eigenvalue weighted by molar-refractivity contribution is -0.180. The third kappa shape index (κ3) is 5.05. The van der Waals surface area contributed by atoms with E-state index in [0.29, 0.717) is 13.1 Å². The van der Waals surface area contributed by atoms with Crippen LogP contribution in [0.2, 0.25) is 0 Å². The molecule has 2 fully saturated rings. The van der Waals surface area contributed by atoms with E-state index in [2.05, 4.69) is 35.3 Å². The smallest absolute Gasteiger partial charge is 0.333 e. The fourth-order valence-electron chi connectivity index (χ4n) is 4.44. The van der Waals surface area contributed by atoms with Crippen LogP contribution in [0.3, 0.4) is 0 Å². The molecule has 0 aliphatic carbocycles. The van der Waals surface area contributed by atoms with E-state index in [1.807, 2.05) is 18.2 Å². The molecule has 0 radical (unpaired) electrons. The molecule has 1 atom stereocenters. The molecule has 2 aliphatic heterocycles. The van der Waals surface area contributed by atoms with Crippen molar-refractivity contribution in [2.45, 2.75) is 12.7 Å². The Morgan fingerprint density at radius 2 is 1.92 bits per heavy atom. The first kappa shape index (κ1) is 24.9. The molecule has 1 N–H and O–H groups in total. The Labute approximate surface area is 209 Å². The predicted molar refractivity (Wildman–Crippen MR) is 135 cm³/mol. The van der Waals surface area contributed by atoms with Gasteiger partial charge in [0.05, 0.1) is 13.1 Å². The number of fused-ring (bicyclic) bond motifs is 2. The molecule has 11 heteroatoms. The summed E-state index contributed by atoms with van der Waals surface area (Å²) in [4.78, 5) is 43.9. The number of amides is 4. The summed E-state index contributed by atoms with van der Waals surface area (Å²) in [6.07, 6.45) is 6.01. The van der Waals surface area contributed by atoms with Gasteiger partial charge in [0.1, 0.15) is 23.7 Å². The van der Waals surface area contributed by atoms with Gasteiger partial charge in [0.25, 0.3) is 0 Å². The van der Waals surface area contributed by atoms with Crippen molar-refractivity contribution in [1.82, 2.24) is 40.1 Å². The zero-order valence-electron chi connectivity index (χ0n) is 20.3. The Bertz CT molecular complexity index is 1250. The summed E-state index contributed by atoms with van der Waals surface area (Å²) in [5, 5.41) is 14.7. The van der Waals surface area contributed by atoms with E-state index >= 15 is 0 Å². The maximum atomic E-state index is 13.4. The number of piperazine rings is 1. The molecule has 0 unspecified atom stereocenters. The minimum absolute atomic E-state index is 0.0244. The van der Waals surface area contributed by atoms with Crippen molar-refractivity contribution >= 4 is 28.9 Å². The zero-order chi connectivity index (χ0) is 25.8. The highest BCUT2D eigenvalue weighted by Crippen LogP contribution is 2.24. The number of urea groups is 1. The largest absolute Gasteiger partial charge is 0.334 e. The summed E-state index contributed by atoms with van der Waals surface area (Å²) in [5.74, 6) is -0.391. The average Bonchev–Trinajstić information content (AvgIpc) is 3.22. The van der Waals surface area contributed by atoms with Gasteiger partial charge in [0.15, 0.2) is 0 Å². The topological polar surface area (TPSA) is 107 Å². The first-order valence-electron chi connectivity index (χ1n) is 11.6. The molecule has 0 spiro atoms. The lowest BCUT2D eigenvalue weighted by Crippen LogP contribution is -2.73. The van der Waals surface area contributed by atoms with Gasteiger partial charge in [-0.1, -0.05) is 43.5 Å². The fourth-order valence-corrected chi connectivity index (χ4v) is 4.44. The molecule has 188 valence electrons. The van der Waals surface area contributed by atoms with Crippen LogP contribution in [-0.4, -0.2) is 91.5 Å². The van der Waals surface area contributed by atoms with E-state index in [0.717, 1.165) is 22.2 Å². The number of aryl methyl sites for hydroxylation is 1. The minimum Gasteiger partial charge on any atom is -0.333 e. The highest BCUT2D eigenvalue weighted by molar-refractivity contribution is 5.89. The van der Waals surface area contributed by atoms with Gasteiger partial charge in [-0.2, -0.15) is 15.0 Å². The van der Waals surface area contributed by atoms with Gasteiger partial charge in [-0.05, 0) is 23.3 Å². The van der Waals surface area contributed by atoms with E-state index in [1.54, 1.807) is 41.3 Å². The van der Waals surface area contributed by atoms with Crippen LogP contribution in [0.1, 0.15) is 5.56 Å². The standard InChI is InChI=1S/C25H30N8O3/c1-5-8-18(7-3)13-26-25(36)33-22-15-30(14-19-9-10-20-21(12-19)28-29(4)27-20)23(34)17-32(22)24(35)16-31(33)11-6-2/h5-10,12,22H,1-3,11,13-17H2,4H3,(H,26,36)/b18-8+/t22-/m0/s1. The van der Waals surface area contributed by atoms with Crippen LogP contribution in [0.4, 0.5) is 4.79 Å². The Morgan fingerprint density at radius 3 is 2.64 bits per heavy atom. The maximum absolute atomic E-state index is 13.4. The van der Waals surface area contributed by atoms with E-state index in [4.69, 9.17) is 0 Å². The molecule has 1 aromatic heterocycles. The molecule has 36 heavy (non-hydrogen) atoms. The monoisotopic (exact) mass is 490 g/mol. The van der Waals surface area contributed by atoms with Crippen LogP contribution >= 0.6 is 0 Å². The molecule has 0 saturated carbocycles. The molecule has 4 amide bonds. The number of rotatable bonds is 8. The summed E-state index contributed by atoms with van der Waals surface area (Å²) in [5.41, 5.74) is 3.18. The third-order valence-electron chi connectivity index (χ3n) is 6.13. The number of nitrogens with zero attached hydrogens (tertiary/aromatic N) is 7. The van der Waals surface area contributed by atoms with E-state index in [-0.39, 0.29) is 44.0 Å². The first-order chi connectivity index (χ1) is 17.3. The van der Waals surface area contributed by atoms with Crippen molar-refractivity contribution < 1.29 is 14.4 Å². The second-order valence-electron chi connectivity index (χ2n) is 8.61. The van der Waals surface area contributed by atoms with E-state index in [1.165, 1.54) is 14.7 Å². The summed E-state index contributed by atoms with van der Waals surface area (Å²) in [7, 11) is 1.75. The van der Waals surface area contributed by atoms with Crippen molar-refractivity contribution in [1.29, 1.82) is 0 Å². The van der Waals surface area contributed by atoms with Crippen molar-refractivity contribution in [2.75, 3.05) is 32.7 Å². The predicted octanol–water partition coefficient (Wildman–Crippen LogP) is 1.19. The first-order valence-corrected chi connectivity index (χ1v) is 11.6. The van der Waals surface area contributed by atoms with Crippen LogP contribution in [-0.2, 0) is 23.2 Å². The number of carbonyl (C=O) groups is 3. The van der Waals surface area contributed by atoms with Gasteiger partial charge in [-0.25, -0.2) is 14.8 Å². The van der Waals surface area contributed by atoms with Gasteiger partial charge < -0.3 is 15.1 Å². The third-order valence-corrected chi connectivity index (χ3v) is 6.13. The quantitative estimate of drug-likeness (QED) is 0.440. The van der Waals surface area contributed by atoms with Gasteiger partial charge in [-0.3, -0.25) is 9.59 Å². The van der Waals surface area contributed by atoms with Crippen molar-refractivity contribution in [3.8, 4) is 0 Å². The molecule has 2 aliphatic rings. The van der Waals surface area contributed by atoms with Crippen LogP contribution in [0.5, 0.6) is 0 Å². The summed E-state index contributed by atoms with van der Waals surface area (Å²) < 4.78 is 0. The molecule has 0 bridgehead atoms. The number of carbonyl (C=O) groups excluding carboxylic acids is 3. The summed E-state index contributed by atoms with van der Waals surface area (Å²) in [6, 6.07) is 5.28. The Balaban J connectivity index is 1.57. The van der Waals surface area contributed by atoms with Crippen molar-refractivity contribution in [3.63, 3.8) is 0 Å². The second-order valence-corrected chi connectivity index (χ2v) is 8.61. The number of allylic oxidation sites excluding steroid dienone is 2. The molecule has 1 aromatic carbocycles. The minimum atomic E-state index is -0.653. The molecule has 11 nitrogen and oxygen atoms in total. The SMILES string of the molecule is C=C/C=C(\C=C)CNC(=O)N1[C@H]2CN(Cc3ccc4nn(C)nc4c3)C(=O)CN2C(=O)CN1CC=C. The molecule has 3 heterocycles. The van der Waals surface area contributed by atoms with Crippen molar-refractivity contribution in [3.05, 3.63) is 73.4 Å². The molecular formula is C25H30N8O3.